The van der Waals surface area contributed by atoms with Crippen LogP contribution in [0.25, 0.3) is 10.2 Å². The molecule has 1 aliphatic rings. The Morgan fingerprint density at radius 2 is 2.17 bits per heavy atom. The molecule has 2 heterocycles. The highest BCUT2D eigenvalue weighted by Crippen LogP contribution is 2.35. The van der Waals surface area contributed by atoms with E-state index in [9.17, 15) is 22.8 Å². The van der Waals surface area contributed by atoms with Crippen molar-refractivity contribution in [2.45, 2.75) is 38.9 Å². The zero-order chi connectivity index (χ0) is 20.8. The highest BCUT2D eigenvalue weighted by molar-refractivity contribution is 7.18. The minimum absolute atomic E-state index is 0.0220. The number of aryl methyl sites for hydroxylation is 1. The molecular formula is C20H18F3N3O2S. The minimum atomic E-state index is -4.50. The Balaban J connectivity index is 1.58. The highest BCUT2D eigenvalue weighted by atomic mass is 32.1. The van der Waals surface area contributed by atoms with E-state index in [0.717, 1.165) is 37.0 Å². The lowest BCUT2D eigenvalue weighted by atomic mass is 9.89. The maximum absolute atomic E-state index is 12.9. The number of benzene rings is 1. The number of nitrogens with zero attached hydrogens (tertiary/aromatic N) is 2. The second-order valence-corrected chi connectivity index (χ2v) is 8.42. The third-order valence-electron chi connectivity index (χ3n) is 5.07. The normalized spacial score (nSPS) is 16.6. The van der Waals surface area contributed by atoms with Crippen molar-refractivity contribution in [3.05, 3.63) is 57.0 Å². The van der Waals surface area contributed by atoms with Gasteiger partial charge in [0.25, 0.3) is 5.56 Å². The molecule has 152 valence electrons. The van der Waals surface area contributed by atoms with Crippen molar-refractivity contribution in [2.24, 2.45) is 5.92 Å². The van der Waals surface area contributed by atoms with Gasteiger partial charge in [-0.15, -0.1) is 11.3 Å². The largest absolute Gasteiger partial charge is 0.416 e. The zero-order valence-corrected chi connectivity index (χ0v) is 16.4. The highest BCUT2D eigenvalue weighted by Gasteiger charge is 2.30. The number of carbonyl (C=O) groups excluding carboxylic acids is 1. The Hall–Kier alpha value is -2.68. The molecule has 0 radical (unpaired) electrons. The van der Waals surface area contributed by atoms with Gasteiger partial charge in [0.2, 0.25) is 5.91 Å². The predicted molar refractivity (Wildman–Crippen MR) is 105 cm³/mol. The number of alkyl halides is 3. The molecule has 0 bridgehead atoms. The predicted octanol–water partition coefficient (Wildman–Crippen LogP) is 4.24. The summed E-state index contributed by atoms with van der Waals surface area (Å²) in [5.74, 6) is -0.0266. The lowest BCUT2D eigenvalue weighted by Crippen LogP contribution is -2.28. The summed E-state index contributed by atoms with van der Waals surface area (Å²) in [6.07, 6.45) is -0.438. The summed E-state index contributed by atoms with van der Waals surface area (Å²) in [6.45, 7) is 1.86. The average Bonchev–Trinajstić information content (AvgIpc) is 3.01. The number of hydrogen-bond donors (Lipinski definition) is 1. The van der Waals surface area contributed by atoms with E-state index >= 15 is 0 Å². The molecule has 0 saturated carbocycles. The molecule has 0 spiro atoms. The van der Waals surface area contributed by atoms with Gasteiger partial charge in [-0.1, -0.05) is 13.0 Å². The van der Waals surface area contributed by atoms with E-state index in [1.807, 2.05) is 0 Å². The molecule has 3 aromatic rings. The Bertz CT molecular complexity index is 1150. The number of nitrogens with one attached hydrogen (secondary N) is 1. The molecule has 5 nitrogen and oxygen atoms in total. The van der Waals surface area contributed by atoms with Crippen molar-refractivity contribution in [3.63, 3.8) is 0 Å². The molecule has 1 atom stereocenters. The molecule has 1 aromatic carbocycles. The van der Waals surface area contributed by atoms with Crippen molar-refractivity contribution in [2.75, 3.05) is 5.32 Å². The summed E-state index contributed by atoms with van der Waals surface area (Å²) in [6, 6.07) is 4.38. The summed E-state index contributed by atoms with van der Waals surface area (Å²) in [5, 5.41) is 2.98. The first-order chi connectivity index (χ1) is 13.7. The zero-order valence-electron chi connectivity index (χ0n) is 15.5. The lowest BCUT2D eigenvalue weighted by molar-refractivity contribution is -0.137. The van der Waals surface area contributed by atoms with E-state index in [1.165, 1.54) is 39.2 Å². The molecule has 0 fully saturated rings. The van der Waals surface area contributed by atoms with Crippen LogP contribution in [-0.2, 0) is 30.4 Å². The Morgan fingerprint density at radius 3 is 2.93 bits per heavy atom. The first kappa shape index (κ1) is 19.6. The molecular weight excluding hydrogens is 403 g/mol. The van der Waals surface area contributed by atoms with Gasteiger partial charge in [0.1, 0.15) is 11.4 Å². The second-order valence-electron chi connectivity index (χ2n) is 7.34. The topological polar surface area (TPSA) is 64.0 Å². The fourth-order valence-electron chi connectivity index (χ4n) is 3.61. The molecule has 2 aromatic heterocycles. The van der Waals surface area contributed by atoms with Gasteiger partial charge in [0.05, 0.1) is 17.3 Å². The van der Waals surface area contributed by atoms with E-state index < -0.39 is 17.6 Å². The Labute approximate surface area is 168 Å². The van der Waals surface area contributed by atoms with E-state index in [1.54, 1.807) is 0 Å². The fourth-order valence-corrected chi connectivity index (χ4v) is 4.95. The summed E-state index contributed by atoms with van der Waals surface area (Å²) in [7, 11) is 0. The molecule has 0 saturated heterocycles. The second kappa shape index (κ2) is 7.29. The number of aromatic nitrogens is 2. The van der Waals surface area contributed by atoms with Gasteiger partial charge in [-0.3, -0.25) is 14.2 Å². The van der Waals surface area contributed by atoms with Gasteiger partial charge in [-0.25, -0.2) is 4.98 Å². The number of fused-ring (bicyclic) bond motifs is 3. The van der Waals surface area contributed by atoms with Crippen LogP contribution in [0.4, 0.5) is 18.9 Å². The molecule has 1 unspecified atom stereocenters. The van der Waals surface area contributed by atoms with Crippen LogP contribution in [0.3, 0.4) is 0 Å². The summed E-state index contributed by atoms with van der Waals surface area (Å²) in [5.41, 5.74) is -0.0991. The van der Waals surface area contributed by atoms with Gasteiger partial charge in [0.15, 0.2) is 0 Å². The lowest BCUT2D eigenvalue weighted by Gasteiger charge is -2.17. The molecule has 4 rings (SSSR count). The van der Waals surface area contributed by atoms with Gasteiger partial charge >= 0.3 is 6.18 Å². The Morgan fingerprint density at radius 1 is 1.38 bits per heavy atom. The molecule has 9 heteroatoms. The number of thiophene rings is 1. The van der Waals surface area contributed by atoms with Crippen molar-refractivity contribution in [1.29, 1.82) is 0 Å². The maximum atomic E-state index is 12.9. The van der Waals surface area contributed by atoms with E-state index in [-0.39, 0.29) is 17.8 Å². The van der Waals surface area contributed by atoms with Crippen LogP contribution in [0.15, 0.2) is 35.4 Å². The number of carbonyl (C=O) groups is 1. The third kappa shape index (κ3) is 3.91. The molecule has 1 aliphatic carbocycles. The molecule has 1 amide bonds. The number of hydrogen-bond acceptors (Lipinski definition) is 4. The maximum Gasteiger partial charge on any atom is 0.416 e. The van der Waals surface area contributed by atoms with Gasteiger partial charge in [0, 0.05) is 10.6 Å². The van der Waals surface area contributed by atoms with Gasteiger partial charge < -0.3 is 5.32 Å². The van der Waals surface area contributed by atoms with Crippen molar-refractivity contribution in [1.82, 2.24) is 9.55 Å². The number of halogens is 3. The SMILES string of the molecule is CC1CCc2c(sc3ncn(CC(=O)Nc4cccc(C(F)(F)F)c4)c(=O)c23)C1. The van der Waals surface area contributed by atoms with E-state index in [0.29, 0.717) is 16.1 Å². The van der Waals surface area contributed by atoms with E-state index in [2.05, 4.69) is 17.2 Å². The average molecular weight is 421 g/mol. The van der Waals surface area contributed by atoms with Crippen LogP contribution in [0.1, 0.15) is 29.3 Å². The minimum Gasteiger partial charge on any atom is -0.325 e. The van der Waals surface area contributed by atoms with Crippen molar-refractivity contribution < 1.29 is 18.0 Å². The van der Waals surface area contributed by atoms with Crippen LogP contribution < -0.4 is 10.9 Å². The standard InChI is InChI=1S/C20H18F3N3O2S/c1-11-5-6-14-15(7-11)29-18-17(14)19(28)26(10-24-18)9-16(27)25-13-4-2-3-12(8-13)20(21,22)23/h2-4,8,10-11H,5-7,9H2,1H3,(H,25,27). The summed E-state index contributed by atoms with van der Waals surface area (Å²) >= 11 is 1.52. The van der Waals surface area contributed by atoms with Gasteiger partial charge in [-0.2, -0.15) is 13.2 Å². The van der Waals surface area contributed by atoms with Crippen LogP contribution in [-0.4, -0.2) is 15.5 Å². The van der Waals surface area contributed by atoms with Crippen LogP contribution in [0, 0.1) is 5.92 Å². The fraction of sp³-hybridized carbons (Fsp3) is 0.350. The van der Waals surface area contributed by atoms with Crippen LogP contribution in [0.5, 0.6) is 0 Å². The van der Waals surface area contributed by atoms with Crippen LogP contribution >= 0.6 is 11.3 Å². The smallest absolute Gasteiger partial charge is 0.325 e. The number of amides is 1. The number of anilines is 1. The van der Waals surface area contributed by atoms with Crippen molar-refractivity contribution >= 4 is 33.1 Å². The third-order valence-corrected chi connectivity index (χ3v) is 6.23. The first-order valence-electron chi connectivity index (χ1n) is 9.19. The number of rotatable bonds is 3. The van der Waals surface area contributed by atoms with Gasteiger partial charge in [-0.05, 0) is 48.9 Å². The van der Waals surface area contributed by atoms with Crippen LogP contribution in [0.2, 0.25) is 0 Å². The monoisotopic (exact) mass is 421 g/mol. The summed E-state index contributed by atoms with van der Waals surface area (Å²) < 4.78 is 39.7. The van der Waals surface area contributed by atoms with Crippen molar-refractivity contribution in [3.8, 4) is 0 Å². The van der Waals surface area contributed by atoms with E-state index in [4.69, 9.17) is 0 Å². The Kier molecular flexibility index (Phi) is 4.94. The first-order valence-corrected chi connectivity index (χ1v) is 10.0. The molecule has 1 N–H and O–H groups in total. The molecule has 0 aliphatic heterocycles. The molecule has 29 heavy (non-hydrogen) atoms. The summed E-state index contributed by atoms with van der Waals surface area (Å²) in [4.78, 5) is 31.4. The quantitative estimate of drug-likeness (QED) is 0.688.